The topological polar surface area (TPSA) is 90.1 Å². The third kappa shape index (κ3) is 3.24. The zero-order valence-corrected chi connectivity index (χ0v) is 14.2. The van der Waals surface area contributed by atoms with Crippen LogP contribution in [0.1, 0.15) is 25.1 Å². The number of amides is 2. The summed E-state index contributed by atoms with van der Waals surface area (Å²) in [6.45, 7) is 3.84. The lowest BCUT2D eigenvalue weighted by atomic mass is 9.79. The van der Waals surface area contributed by atoms with Crippen molar-refractivity contribution in [3.63, 3.8) is 0 Å². The highest BCUT2D eigenvalue weighted by atomic mass is 16.2. The third-order valence-electron chi connectivity index (χ3n) is 5.35. The minimum absolute atomic E-state index is 0.0817. The molecule has 25 heavy (non-hydrogen) atoms. The Balaban J connectivity index is 1.42. The van der Waals surface area contributed by atoms with Crippen LogP contribution in [0.5, 0.6) is 0 Å². The standard InChI is InChI=1S/C18H23N5O2/c24-16-13-4-1-2-5-14(13)21-15(22-16)10-20-17(25)23-9-3-6-18(12-23)7-8-19-11-18/h1-2,4-5,19H,3,6-12H2,(H,20,25)(H,21,22,24)/t18-/m0/s1. The van der Waals surface area contributed by atoms with E-state index in [1.807, 2.05) is 17.0 Å². The van der Waals surface area contributed by atoms with E-state index in [1.165, 1.54) is 6.42 Å². The van der Waals surface area contributed by atoms with Crippen LogP contribution in [0.15, 0.2) is 29.1 Å². The highest BCUT2D eigenvalue weighted by Gasteiger charge is 2.39. The van der Waals surface area contributed by atoms with Gasteiger partial charge >= 0.3 is 6.03 Å². The van der Waals surface area contributed by atoms with Crippen LogP contribution in [0, 0.1) is 5.41 Å². The van der Waals surface area contributed by atoms with Crippen LogP contribution in [0.4, 0.5) is 4.79 Å². The van der Waals surface area contributed by atoms with Crippen molar-refractivity contribution in [2.24, 2.45) is 5.41 Å². The van der Waals surface area contributed by atoms with E-state index in [0.717, 1.165) is 39.0 Å². The Hall–Kier alpha value is -2.41. The lowest BCUT2D eigenvalue weighted by Crippen LogP contribution is -2.50. The summed E-state index contributed by atoms with van der Waals surface area (Å²) in [5.41, 5.74) is 0.707. The summed E-state index contributed by atoms with van der Waals surface area (Å²) in [5.74, 6) is 0.478. The van der Waals surface area contributed by atoms with Crippen molar-refractivity contribution in [2.75, 3.05) is 26.2 Å². The second kappa shape index (κ2) is 6.48. The van der Waals surface area contributed by atoms with E-state index in [0.29, 0.717) is 16.7 Å². The fourth-order valence-corrected chi connectivity index (χ4v) is 4.01. The van der Waals surface area contributed by atoms with Crippen molar-refractivity contribution in [3.05, 3.63) is 40.4 Å². The number of fused-ring (bicyclic) bond motifs is 1. The number of hydrogen-bond acceptors (Lipinski definition) is 4. The summed E-state index contributed by atoms with van der Waals surface area (Å²) in [4.78, 5) is 33.7. The van der Waals surface area contributed by atoms with E-state index in [-0.39, 0.29) is 23.6 Å². The largest absolute Gasteiger partial charge is 0.331 e. The van der Waals surface area contributed by atoms with Gasteiger partial charge in [-0.2, -0.15) is 0 Å². The fraction of sp³-hybridized carbons (Fsp3) is 0.500. The van der Waals surface area contributed by atoms with Gasteiger partial charge < -0.3 is 20.5 Å². The summed E-state index contributed by atoms with van der Waals surface area (Å²) in [6.07, 6.45) is 3.36. The molecule has 7 heteroatoms. The maximum Gasteiger partial charge on any atom is 0.317 e. The monoisotopic (exact) mass is 341 g/mol. The molecule has 2 saturated heterocycles. The van der Waals surface area contributed by atoms with Gasteiger partial charge in [0.05, 0.1) is 17.4 Å². The average Bonchev–Trinajstić information content (AvgIpc) is 3.07. The van der Waals surface area contributed by atoms with E-state index in [1.54, 1.807) is 12.1 Å². The van der Waals surface area contributed by atoms with Gasteiger partial charge in [-0.25, -0.2) is 9.78 Å². The molecule has 2 aliphatic rings. The minimum atomic E-state index is -0.177. The third-order valence-corrected chi connectivity index (χ3v) is 5.35. The molecule has 7 nitrogen and oxygen atoms in total. The second-order valence-corrected chi connectivity index (χ2v) is 7.14. The van der Waals surface area contributed by atoms with E-state index in [9.17, 15) is 9.59 Å². The molecule has 0 radical (unpaired) electrons. The fourth-order valence-electron chi connectivity index (χ4n) is 4.01. The predicted octanol–water partition coefficient (Wildman–Crippen LogP) is 1.21. The molecule has 132 valence electrons. The molecule has 3 N–H and O–H groups in total. The molecule has 1 atom stereocenters. The van der Waals surface area contributed by atoms with Crippen molar-refractivity contribution in [1.29, 1.82) is 0 Å². The molecule has 1 aromatic heterocycles. The number of nitrogens with one attached hydrogen (secondary N) is 3. The normalized spacial score (nSPS) is 23.3. The van der Waals surface area contributed by atoms with Gasteiger partial charge in [-0.05, 0) is 37.9 Å². The van der Waals surface area contributed by atoms with Gasteiger partial charge in [0.1, 0.15) is 5.82 Å². The molecule has 1 aromatic carbocycles. The van der Waals surface area contributed by atoms with Crippen LogP contribution >= 0.6 is 0 Å². The summed E-state index contributed by atoms with van der Waals surface area (Å²) in [5, 5.41) is 6.88. The quantitative estimate of drug-likeness (QED) is 0.766. The number of carbonyl (C=O) groups is 1. The maximum atomic E-state index is 12.5. The molecule has 0 bridgehead atoms. The number of benzene rings is 1. The highest BCUT2D eigenvalue weighted by molar-refractivity contribution is 5.77. The molecule has 1 spiro atoms. The number of H-pyrrole nitrogens is 1. The zero-order chi connectivity index (χ0) is 17.3. The molecular weight excluding hydrogens is 318 g/mol. The van der Waals surface area contributed by atoms with Gasteiger partial charge in [-0.3, -0.25) is 4.79 Å². The molecule has 0 aliphatic carbocycles. The minimum Gasteiger partial charge on any atom is -0.331 e. The molecule has 2 fully saturated rings. The first kappa shape index (κ1) is 16.1. The van der Waals surface area contributed by atoms with Crippen LogP contribution in [0.2, 0.25) is 0 Å². The smallest absolute Gasteiger partial charge is 0.317 e. The summed E-state index contributed by atoms with van der Waals surface area (Å²) < 4.78 is 0. The Morgan fingerprint density at radius 3 is 3.04 bits per heavy atom. The van der Waals surface area contributed by atoms with E-state index >= 15 is 0 Å². The van der Waals surface area contributed by atoms with E-state index in [2.05, 4.69) is 20.6 Å². The summed E-state index contributed by atoms with van der Waals surface area (Å²) in [6, 6.07) is 7.12. The highest BCUT2D eigenvalue weighted by Crippen LogP contribution is 2.35. The first-order valence-electron chi connectivity index (χ1n) is 8.87. The van der Waals surface area contributed by atoms with Crippen LogP contribution in [-0.4, -0.2) is 47.1 Å². The van der Waals surface area contributed by atoms with Crippen LogP contribution < -0.4 is 16.2 Å². The van der Waals surface area contributed by atoms with Crippen molar-refractivity contribution in [1.82, 2.24) is 25.5 Å². The number of para-hydroxylation sites is 1. The Morgan fingerprint density at radius 1 is 1.32 bits per heavy atom. The van der Waals surface area contributed by atoms with Gasteiger partial charge in [0, 0.05) is 25.0 Å². The summed E-state index contributed by atoms with van der Waals surface area (Å²) >= 11 is 0. The van der Waals surface area contributed by atoms with Crippen LogP contribution in [0.3, 0.4) is 0 Å². The van der Waals surface area contributed by atoms with Crippen molar-refractivity contribution < 1.29 is 4.79 Å². The molecule has 4 rings (SSSR count). The van der Waals surface area contributed by atoms with Gasteiger partial charge in [-0.15, -0.1) is 0 Å². The molecular formula is C18H23N5O2. The first-order valence-corrected chi connectivity index (χ1v) is 8.87. The van der Waals surface area contributed by atoms with Crippen LogP contribution in [0.25, 0.3) is 10.9 Å². The molecule has 3 heterocycles. The van der Waals surface area contributed by atoms with Gasteiger partial charge in [0.2, 0.25) is 0 Å². The number of aromatic nitrogens is 2. The maximum absolute atomic E-state index is 12.5. The zero-order valence-electron chi connectivity index (χ0n) is 14.2. The predicted molar refractivity (Wildman–Crippen MR) is 95.3 cm³/mol. The number of piperidine rings is 1. The van der Waals surface area contributed by atoms with Gasteiger partial charge in [-0.1, -0.05) is 12.1 Å². The Bertz CT molecular complexity index is 841. The Morgan fingerprint density at radius 2 is 2.20 bits per heavy atom. The number of rotatable bonds is 2. The van der Waals surface area contributed by atoms with Gasteiger partial charge in [0.25, 0.3) is 5.56 Å². The summed E-state index contributed by atoms with van der Waals surface area (Å²) in [7, 11) is 0. The molecule has 2 aromatic rings. The molecule has 0 saturated carbocycles. The number of likely N-dealkylation sites (tertiary alicyclic amines) is 1. The van der Waals surface area contributed by atoms with E-state index < -0.39 is 0 Å². The number of hydrogen-bond donors (Lipinski definition) is 3. The van der Waals surface area contributed by atoms with Gasteiger partial charge in [0.15, 0.2) is 0 Å². The van der Waals surface area contributed by atoms with Crippen molar-refractivity contribution in [3.8, 4) is 0 Å². The first-order chi connectivity index (χ1) is 12.2. The lowest BCUT2D eigenvalue weighted by molar-refractivity contribution is 0.118. The lowest BCUT2D eigenvalue weighted by Gasteiger charge is -2.39. The molecule has 0 unspecified atom stereocenters. The number of urea groups is 1. The second-order valence-electron chi connectivity index (χ2n) is 7.14. The number of nitrogens with zero attached hydrogens (tertiary/aromatic N) is 2. The number of aromatic amines is 1. The average molecular weight is 341 g/mol. The Kier molecular flexibility index (Phi) is 4.17. The molecule has 2 aliphatic heterocycles. The Labute approximate surface area is 145 Å². The number of carbonyl (C=O) groups excluding carboxylic acids is 1. The van der Waals surface area contributed by atoms with Crippen LogP contribution in [-0.2, 0) is 6.54 Å². The van der Waals surface area contributed by atoms with E-state index in [4.69, 9.17) is 0 Å². The molecule has 2 amide bonds. The SMILES string of the molecule is O=C(NCc1nc2ccccc2c(=O)[nH]1)N1CCC[C@@]2(CCNC2)C1. The van der Waals surface area contributed by atoms with Crippen molar-refractivity contribution >= 4 is 16.9 Å². The van der Waals surface area contributed by atoms with Crippen molar-refractivity contribution in [2.45, 2.75) is 25.8 Å².